The van der Waals surface area contributed by atoms with E-state index in [0.29, 0.717) is 16.9 Å². The summed E-state index contributed by atoms with van der Waals surface area (Å²) in [5.74, 6) is -0.272. The second kappa shape index (κ2) is 7.04. The highest BCUT2D eigenvalue weighted by molar-refractivity contribution is 6.30. The fraction of sp³-hybridized carbons (Fsp3) is 0.200. The molecule has 0 radical (unpaired) electrons. The minimum absolute atomic E-state index is 0.181. The molecule has 0 fully saturated rings. The van der Waals surface area contributed by atoms with Crippen molar-refractivity contribution in [1.82, 2.24) is 10.3 Å². The zero-order valence-corrected chi connectivity index (χ0v) is 12.2. The van der Waals surface area contributed by atoms with E-state index in [9.17, 15) is 9.18 Å². The fourth-order valence-corrected chi connectivity index (χ4v) is 1.79. The summed E-state index contributed by atoms with van der Waals surface area (Å²) in [5.41, 5.74) is 1.26. The first kappa shape index (κ1) is 15.3. The first-order valence-corrected chi connectivity index (χ1v) is 6.69. The van der Waals surface area contributed by atoms with Crippen LogP contribution in [0.15, 0.2) is 36.5 Å². The second-order valence-corrected chi connectivity index (χ2v) is 4.80. The Hall–Kier alpha value is -2.14. The van der Waals surface area contributed by atoms with Crippen molar-refractivity contribution in [2.45, 2.75) is 13.5 Å². The summed E-state index contributed by atoms with van der Waals surface area (Å²) in [7, 11) is 0. The van der Waals surface area contributed by atoms with Crippen LogP contribution in [-0.4, -0.2) is 17.5 Å². The molecule has 0 aliphatic heterocycles. The van der Waals surface area contributed by atoms with Crippen molar-refractivity contribution in [2.75, 3.05) is 6.61 Å². The first-order valence-electron chi connectivity index (χ1n) is 6.31. The van der Waals surface area contributed by atoms with Crippen LogP contribution in [-0.2, 0) is 11.3 Å². The molecule has 0 saturated carbocycles. The van der Waals surface area contributed by atoms with Crippen molar-refractivity contribution in [1.29, 1.82) is 0 Å². The molecule has 21 heavy (non-hydrogen) atoms. The molecular weight excluding hydrogens is 295 g/mol. The molecule has 0 spiro atoms. The van der Waals surface area contributed by atoms with Gasteiger partial charge >= 0.3 is 0 Å². The van der Waals surface area contributed by atoms with E-state index in [1.807, 2.05) is 0 Å². The lowest BCUT2D eigenvalue weighted by molar-refractivity contribution is -0.123. The van der Waals surface area contributed by atoms with Gasteiger partial charge in [0.15, 0.2) is 17.5 Å². The third-order valence-corrected chi connectivity index (χ3v) is 3.09. The van der Waals surface area contributed by atoms with Crippen LogP contribution >= 0.6 is 11.6 Å². The number of nitrogens with one attached hydrogen (secondary N) is 1. The highest BCUT2D eigenvalue weighted by Crippen LogP contribution is 2.19. The van der Waals surface area contributed by atoms with Crippen LogP contribution in [0.3, 0.4) is 0 Å². The Morgan fingerprint density at radius 1 is 1.43 bits per heavy atom. The van der Waals surface area contributed by atoms with Gasteiger partial charge in [-0.15, -0.1) is 0 Å². The quantitative estimate of drug-likeness (QED) is 0.864. The van der Waals surface area contributed by atoms with Gasteiger partial charge in [0.2, 0.25) is 0 Å². The summed E-state index contributed by atoms with van der Waals surface area (Å²) in [6.07, 6.45) is 1.53. The van der Waals surface area contributed by atoms with E-state index in [1.54, 1.807) is 31.2 Å². The summed E-state index contributed by atoms with van der Waals surface area (Å²) < 4.78 is 18.6. The standard InChI is InChI=1S/C15H14ClFN2O2/c1-10-4-5-11(7-12(10)17)8-19-14(20)9-21-13-3-2-6-18-15(13)16/h2-7H,8-9H2,1H3,(H,19,20). The minimum atomic E-state index is -0.323. The lowest BCUT2D eigenvalue weighted by atomic mass is 10.1. The lowest BCUT2D eigenvalue weighted by Crippen LogP contribution is -2.28. The maximum Gasteiger partial charge on any atom is 0.258 e. The molecule has 1 aromatic heterocycles. The Morgan fingerprint density at radius 2 is 2.24 bits per heavy atom. The molecule has 2 rings (SSSR count). The van der Waals surface area contributed by atoms with Gasteiger partial charge in [-0.1, -0.05) is 23.7 Å². The van der Waals surface area contributed by atoms with E-state index in [-0.39, 0.29) is 30.0 Å². The molecular formula is C15H14ClFN2O2. The van der Waals surface area contributed by atoms with Crippen molar-refractivity contribution in [3.63, 3.8) is 0 Å². The molecule has 0 aliphatic rings. The Kier molecular flexibility index (Phi) is 5.11. The van der Waals surface area contributed by atoms with Crippen LogP contribution in [0.4, 0.5) is 4.39 Å². The molecule has 0 aliphatic carbocycles. The third-order valence-electron chi connectivity index (χ3n) is 2.81. The fourth-order valence-electron chi connectivity index (χ4n) is 1.62. The maximum atomic E-state index is 13.4. The minimum Gasteiger partial charge on any atom is -0.481 e. The number of carbonyl (C=O) groups is 1. The monoisotopic (exact) mass is 308 g/mol. The molecule has 1 heterocycles. The molecule has 0 bridgehead atoms. The summed E-state index contributed by atoms with van der Waals surface area (Å²) in [6, 6.07) is 8.11. The van der Waals surface area contributed by atoms with Gasteiger partial charge in [-0.05, 0) is 36.2 Å². The van der Waals surface area contributed by atoms with Crippen molar-refractivity contribution in [3.8, 4) is 5.75 Å². The van der Waals surface area contributed by atoms with Crippen molar-refractivity contribution in [2.24, 2.45) is 0 Å². The normalized spacial score (nSPS) is 10.2. The number of halogens is 2. The number of ether oxygens (including phenoxy) is 1. The number of aryl methyl sites for hydroxylation is 1. The molecule has 4 nitrogen and oxygen atoms in total. The highest BCUT2D eigenvalue weighted by atomic mass is 35.5. The smallest absolute Gasteiger partial charge is 0.258 e. The molecule has 0 unspecified atom stereocenters. The maximum absolute atomic E-state index is 13.4. The van der Waals surface area contributed by atoms with Crippen LogP contribution in [0.5, 0.6) is 5.75 Å². The van der Waals surface area contributed by atoms with Gasteiger partial charge in [-0.2, -0.15) is 0 Å². The number of amides is 1. The van der Waals surface area contributed by atoms with E-state index in [1.165, 1.54) is 12.3 Å². The van der Waals surface area contributed by atoms with Crippen molar-refractivity contribution < 1.29 is 13.9 Å². The van der Waals surface area contributed by atoms with E-state index in [0.717, 1.165) is 0 Å². The second-order valence-electron chi connectivity index (χ2n) is 4.44. The molecule has 6 heteroatoms. The van der Waals surface area contributed by atoms with Crippen molar-refractivity contribution >= 4 is 17.5 Å². The first-order chi connectivity index (χ1) is 10.1. The Bertz CT molecular complexity index is 649. The van der Waals surface area contributed by atoms with Gasteiger partial charge in [0.1, 0.15) is 5.82 Å². The topological polar surface area (TPSA) is 51.2 Å². The third kappa shape index (κ3) is 4.43. The number of benzene rings is 1. The summed E-state index contributed by atoms with van der Waals surface area (Å²) in [6.45, 7) is 1.74. The van der Waals surface area contributed by atoms with Gasteiger partial charge in [-0.3, -0.25) is 4.79 Å². The molecule has 2 aromatic rings. The van der Waals surface area contributed by atoms with E-state index < -0.39 is 0 Å². The number of carbonyl (C=O) groups excluding carboxylic acids is 1. The molecule has 110 valence electrons. The van der Waals surface area contributed by atoms with Crippen molar-refractivity contribution in [3.05, 3.63) is 58.6 Å². The number of hydrogen-bond acceptors (Lipinski definition) is 3. The summed E-state index contributed by atoms with van der Waals surface area (Å²) in [4.78, 5) is 15.5. The molecule has 1 amide bonds. The van der Waals surface area contributed by atoms with E-state index in [4.69, 9.17) is 16.3 Å². The molecule has 1 N–H and O–H groups in total. The van der Waals surface area contributed by atoms with E-state index in [2.05, 4.69) is 10.3 Å². The van der Waals surface area contributed by atoms with Crippen LogP contribution in [0.2, 0.25) is 5.15 Å². The number of pyridine rings is 1. The molecule has 0 atom stereocenters. The van der Waals surface area contributed by atoms with Crippen LogP contribution in [0.25, 0.3) is 0 Å². The number of hydrogen-bond donors (Lipinski definition) is 1. The van der Waals surface area contributed by atoms with Gasteiger partial charge in [0.05, 0.1) is 0 Å². The Labute approximate surface area is 126 Å². The van der Waals surface area contributed by atoms with Gasteiger partial charge in [0, 0.05) is 12.7 Å². The number of rotatable bonds is 5. The Morgan fingerprint density at radius 3 is 2.95 bits per heavy atom. The van der Waals surface area contributed by atoms with Gasteiger partial charge in [-0.25, -0.2) is 9.37 Å². The average molecular weight is 309 g/mol. The van der Waals surface area contributed by atoms with Crippen LogP contribution < -0.4 is 10.1 Å². The van der Waals surface area contributed by atoms with Crippen LogP contribution in [0.1, 0.15) is 11.1 Å². The van der Waals surface area contributed by atoms with Gasteiger partial charge < -0.3 is 10.1 Å². The lowest BCUT2D eigenvalue weighted by Gasteiger charge is -2.08. The number of aromatic nitrogens is 1. The molecule has 1 aromatic carbocycles. The largest absolute Gasteiger partial charge is 0.481 e. The predicted molar refractivity (Wildman–Crippen MR) is 77.7 cm³/mol. The predicted octanol–water partition coefficient (Wildman–Crippen LogP) is 2.88. The Balaban J connectivity index is 1.82. The number of nitrogens with zero attached hydrogens (tertiary/aromatic N) is 1. The highest BCUT2D eigenvalue weighted by Gasteiger charge is 2.06. The van der Waals surface area contributed by atoms with E-state index >= 15 is 0 Å². The van der Waals surface area contributed by atoms with Gasteiger partial charge in [0.25, 0.3) is 5.91 Å². The summed E-state index contributed by atoms with van der Waals surface area (Å²) >= 11 is 5.80. The zero-order chi connectivity index (χ0) is 15.2. The summed E-state index contributed by atoms with van der Waals surface area (Å²) in [5, 5.41) is 2.84. The SMILES string of the molecule is Cc1ccc(CNC(=O)COc2cccnc2Cl)cc1F. The molecule has 0 saturated heterocycles. The average Bonchev–Trinajstić information content (AvgIpc) is 2.47. The zero-order valence-electron chi connectivity index (χ0n) is 11.4. The van der Waals surface area contributed by atoms with Crippen LogP contribution in [0, 0.1) is 12.7 Å².